The van der Waals surface area contributed by atoms with E-state index in [2.05, 4.69) is 34.5 Å². The standard InChI is InChI=1S/C12H18N2O/c15-10-4-9-14-8-3-7-13-11-5-1-2-6-12(11)14/h1-2,5-6,13,15H,3-4,7-10H2. The molecule has 0 saturated carbocycles. The molecule has 3 heteroatoms. The van der Waals surface area contributed by atoms with Crippen molar-refractivity contribution in [1.82, 2.24) is 0 Å². The van der Waals surface area contributed by atoms with Crippen LogP contribution in [0.4, 0.5) is 11.4 Å². The van der Waals surface area contributed by atoms with Gasteiger partial charge in [0.25, 0.3) is 0 Å². The molecule has 0 radical (unpaired) electrons. The van der Waals surface area contributed by atoms with Crippen molar-refractivity contribution < 1.29 is 5.11 Å². The zero-order chi connectivity index (χ0) is 10.5. The second kappa shape index (κ2) is 5.03. The van der Waals surface area contributed by atoms with Gasteiger partial charge in [-0.15, -0.1) is 0 Å². The number of nitrogens with one attached hydrogen (secondary N) is 1. The molecule has 0 fully saturated rings. The van der Waals surface area contributed by atoms with E-state index in [0.717, 1.165) is 32.5 Å². The highest BCUT2D eigenvalue weighted by atomic mass is 16.3. The molecular weight excluding hydrogens is 188 g/mol. The summed E-state index contributed by atoms with van der Waals surface area (Å²) in [7, 11) is 0. The van der Waals surface area contributed by atoms with Gasteiger partial charge in [-0.05, 0) is 25.0 Å². The maximum Gasteiger partial charge on any atom is 0.0602 e. The lowest BCUT2D eigenvalue weighted by Crippen LogP contribution is -2.25. The molecule has 2 rings (SSSR count). The molecule has 82 valence electrons. The van der Waals surface area contributed by atoms with Gasteiger partial charge in [0, 0.05) is 26.2 Å². The van der Waals surface area contributed by atoms with Gasteiger partial charge in [0.05, 0.1) is 11.4 Å². The molecule has 2 N–H and O–H groups in total. The van der Waals surface area contributed by atoms with Crippen molar-refractivity contribution in [3.05, 3.63) is 24.3 Å². The summed E-state index contributed by atoms with van der Waals surface area (Å²) >= 11 is 0. The fourth-order valence-electron chi connectivity index (χ4n) is 2.01. The smallest absolute Gasteiger partial charge is 0.0602 e. The number of rotatable bonds is 3. The second-order valence-electron chi connectivity index (χ2n) is 3.86. The van der Waals surface area contributed by atoms with Gasteiger partial charge in [-0.2, -0.15) is 0 Å². The minimum atomic E-state index is 0.270. The van der Waals surface area contributed by atoms with Crippen molar-refractivity contribution in [2.24, 2.45) is 0 Å². The highest BCUT2D eigenvalue weighted by Gasteiger charge is 2.13. The van der Waals surface area contributed by atoms with Gasteiger partial charge in [0.1, 0.15) is 0 Å². The number of hydrogen-bond donors (Lipinski definition) is 2. The van der Waals surface area contributed by atoms with Crippen molar-refractivity contribution in [3.8, 4) is 0 Å². The minimum absolute atomic E-state index is 0.270. The Bertz CT molecular complexity index is 314. The second-order valence-corrected chi connectivity index (χ2v) is 3.86. The number of fused-ring (bicyclic) bond motifs is 1. The Morgan fingerprint density at radius 3 is 3.07 bits per heavy atom. The summed E-state index contributed by atoms with van der Waals surface area (Å²) in [6, 6.07) is 8.39. The molecule has 1 aliphatic heterocycles. The molecule has 0 bridgehead atoms. The van der Waals surface area contributed by atoms with E-state index >= 15 is 0 Å². The topological polar surface area (TPSA) is 35.5 Å². The number of hydrogen-bond acceptors (Lipinski definition) is 3. The van der Waals surface area contributed by atoms with Crippen molar-refractivity contribution >= 4 is 11.4 Å². The first-order valence-electron chi connectivity index (χ1n) is 5.60. The van der Waals surface area contributed by atoms with Crippen molar-refractivity contribution in [1.29, 1.82) is 0 Å². The van der Waals surface area contributed by atoms with E-state index in [0.29, 0.717) is 0 Å². The summed E-state index contributed by atoms with van der Waals surface area (Å²) < 4.78 is 0. The van der Waals surface area contributed by atoms with Crippen molar-refractivity contribution in [3.63, 3.8) is 0 Å². The number of aliphatic hydroxyl groups excluding tert-OH is 1. The number of benzene rings is 1. The van der Waals surface area contributed by atoms with Crippen LogP contribution in [-0.4, -0.2) is 31.3 Å². The fraction of sp³-hybridized carbons (Fsp3) is 0.500. The Balaban J connectivity index is 2.17. The van der Waals surface area contributed by atoms with E-state index < -0.39 is 0 Å². The van der Waals surface area contributed by atoms with E-state index in [9.17, 15) is 0 Å². The van der Waals surface area contributed by atoms with Gasteiger partial charge in [-0.25, -0.2) is 0 Å². The van der Waals surface area contributed by atoms with Gasteiger partial charge in [0.15, 0.2) is 0 Å². The molecule has 3 nitrogen and oxygen atoms in total. The molecule has 0 saturated heterocycles. The lowest BCUT2D eigenvalue weighted by Gasteiger charge is -2.23. The third kappa shape index (κ3) is 2.42. The molecule has 1 heterocycles. The zero-order valence-electron chi connectivity index (χ0n) is 8.95. The van der Waals surface area contributed by atoms with Crippen LogP contribution < -0.4 is 10.2 Å². The predicted molar refractivity (Wildman–Crippen MR) is 63.5 cm³/mol. The minimum Gasteiger partial charge on any atom is -0.396 e. The Hall–Kier alpha value is -1.22. The molecule has 0 unspecified atom stereocenters. The fourth-order valence-corrected chi connectivity index (χ4v) is 2.01. The molecule has 1 aliphatic rings. The van der Waals surface area contributed by atoms with Crippen LogP contribution in [0.2, 0.25) is 0 Å². The molecule has 0 aromatic heterocycles. The highest BCUT2D eigenvalue weighted by molar-refractivity contribution is 5.70. The molecule has 1 aromatic carbocycles. The lowest BCUT2D eigenvalue weighted by atomic mass is 10.2. The Morgan fingerprint density at radius 2 is 2.20 bits per heavy atom. The third-order valence-corrected chi connectivity index (χ3v) is 2.75. The normalized spacial score (nSPS) is 15.4. The van der Waals surface area contributed by atoms with Crippen LogP contribution >= 0.6 is 0 Å². The summed E-state index contributed by atoms with van der Waals surface area (Å²) in [4.78, 5) is 2.35. The lowest BCUT2D eigenvalue weighted by molar-refractivity contribution is 0.289. The first kappa shape index (κ1) is 10.3. The van der Waals surface area contributed by atoms with Gasteiger partial charge in [-0.1, -0.05) is 12.1 Å². The zero-order valence-corrected chi connectivity index (χ0v) is 8.95. The maximum atomic E-state index is 8.87. The number of para-hydroxylation sites is 2. The van der Waals surface area contributed by atoms with E-state index in [1.54, 1.807) is 0 Å². The Labute approximate surface area is 90.7 Å². The van der Waals surface area contributed by atoms with Gasteiger partial charge in [0.2, 0.25) is 0 Å². The van der Waals surface area contributed by atoms with E-state index in [1.807, 2.05) is 0 Å². The highest BCUT2D eigenvalue weighted by Crippen LogP contribution is 2.27. The molecule has 0 atom stereocenters. The van der Waals surface area contributed by atoms with Crippen LogP contribution in [0.5, 0.6) is 0 Å². The number of aliphatic hydroxyl groups is 1. The quantitative estimate of drug-likeness (QED) is 0.790. The van der Waals surface area contributed by atoms with E-state index in [4.69, 9.17) is 5.11 Å². The summed E-state index contributed by atoms with van der Waals surface area (Å²) in [6.07, 6.45) is 1.99. The van der Waals surface area contributed by atoms with E-state index in [1.165, 1.54) is 11.4 Å². The van der Waals surface area contributed by atoms with Gasteiger partial charge < -0.3 is 15.3 Å². The van der Waals surface area contributed by atoms with Crippen LogP contribution in [0.3, 0.4) is 0 Å². The van der Waals surface area contributed by atoms with E-state index in [-0.39, 0.29) is 6.61 Å². The molecule has 0 amide bonds. The van der Waals surface area contributed by atoms with Crippen LogP contribution in [-0.2, 0) is 0 Å². The summed E-state index contributed by atoms with van der Waals surface area (Å²) in [5.41, 5.74) is 2.48. The van der Waals surface area contributed by atoms with Crippen LogP contribution in [0.15, 0.2) is 24.3 Å². The van der Waals surface area contributed by atoms with Gasteiger partial charge in [-0.3, -0.25) is 0 Å². The molecule has 0 aliphatic carbocycles. The SMILES string of the molecule is OCCCN1CCCNc2ccccc21. The first-order valence-corrected chi connectivity index (χ1v) is 5.60. The first-order chi connectivity index (χ1) is 7.42. The van der Waals surface area contributed by atoms with Crippen LogP contribution in [0, 0.1) is 0 Å². The maximum absolute atomic E-state index is 8.87. The third-order valence-electron chi connectivity index (χ3n) is 2.75. The number of nitrogens with zero attached hydrogens (tertiary/aromatic N) is 1. The Morgan fingerprint density at radius 1 is 1.33 bits per heavy atom. The summed E-state index contributed by atoms with van der Waals surface area (Å²) in [5, 5.41) is 12.3. The molecule has 1 aromatic rings. The summed E-state index contributed by atoms with van der Waals surface area (Å²) in [6.45, 7) is 3.32. The average Bonchev–Trinajstić information content (AvgIpc) is 2.49. The number of anilines is 2. The average molecular weight is 206 g/mol. The molecular formula is C12H18N2O. The van der Waals surface area contributed by atoms with Crippen LogP contribution in [0.25, 0.3) is 0 Å². The predicted octanol–water partition coefficient (Wildman–Crippen LogP) is 1.69. The molecule has 0 spiro atoms. The Kier molecular flexibility index (Phi) is 3.45. The summed E-state index contributed by atoms with van der Waals surface area (Å²) in [5.74, 6) is 0. The van der Waals surface area contributed by atoms with Crippen molar-refractivity contribution in [2.45, 2.75) is 12.8 Å². The van der Waals surface area contributed by atoms with Crippen molar-refractivity contribution in [2.75, 3.05) is 36.5 Å². The largest absolute Gasteiger partial charge is 0.396 e. The monoisotopic (exact) mass is 206 g/mol. The molecule has 15 heavy (non-hydrogen) atoms. The van der Waals surface area contributed by atoms with Crippen LogP contribution in [0.1, 0.15) is 12.8 Å². The van der Waals surface area contributed by atoms with Gasteiger partial charge >= 0.3 is 0 Å².